The van der Waals surface area contributed by atoms with E-state index in [0.29, 0.717) is 13.1 Å². The van der Waals surface area contributed by atoms with Crippen LogP contribution in [0.5, 0.6) is 0 Å². The Kier molecular flexibility index (Phi) is 6.89. The SMILES string of the molecule is CCC(C)C(NC(=O)N1CCN(c2cccc(C)c2C)CC1)C(=O)OC. The van der Waals surface area contributed by atoms with Gasteiger partial charge in [0.05, 0.1) is 7.11 Å². The minimum absolute atomic E-state index is 0.0302. The number of carbonyl (C=O) groups excluding carboxylic acids is 2. The van der Waals surface area contributed by atoms with E-state index in [4.69, 9.17) is 4.74 Å². The average Bonchev–Trinajstić information content (AvgIpc) is 2.67. The standard InChI is InChI=1S/C20H31N3O3/c1-6-14(2)18(19(24)26-5)21-20(25)23-12-10-22(11-13-23)17-9-7-8-15(3)16(17)4/h7-9,14,18H,6,10-13H2,1-5H3,(H,21,25). The second-order valence-electron chi connectivity index (χ2n) is 7.03. The lowest BCUT2D eigenvalue weighted by Gasteiger charge is -2.37. The first kappa shape index (κ1) is 20.1. The van der Waals surface area contributed by atoms with Crippen LogP contribution in [0.2, 0.25) is 0 Å². The maximum atomic E-state index is 12.6. The number of amides is 2. The van der Waals surface area contributed by atoms with Crippen LogP contribution in [0, 0.1) is 19.8 Å². The van der Waals surface area contributed by atoms with Gasteiger partial charge in [-0.2, -0.15) is 0 Å². The highest BCUT2D eigenvalue weighted by atomic mass is 16.5. The number of nitrogens with zero attached hydrogens (tertiary/aromatic N) is 2. The van der Waals surface area contributed by atoms with Gasteiger partial charge in [0.25, 0.3) is 0 Å². The Morgan fingerprint density at radius 2 is 1.85 bits per heavy atom. The topological polar surface area (TPSA) is 61.9 Å². The number of methoxy groups -OCH3 is 1. The first-order chi connectivity index (χ1) is 12.4. The minimum Gasteiger partial charge on any atom is -0.467 e. The lowest BCUT2D eigenvalue weighted by atomic mass is 9.99. The molecule has 0 aliphatic carbocycles. The van der Waals surface area contributed by atoms with Crippen LogP contribution in [0.15, 0.2) is 18.2 Å². The van der Waals surface area contributed by atoms with Gasteiger partial charge in [-0.15, -0.1) is 0 Å². The van der Waals surface area contributed by atoms with Crippen molar-refractivity contribution in [1.29, 1.82) is 0 Å². The number of carbonyl (C=O) groups is 2. The van der Waals surface area contributed by atoms with E-state index in [1.165, 1.54) is 23.9 Å². The second-order valence-corrected chi connectivity index (χ2v) is 7.03. The number of nitrogens with one attached hydrogen (secondary N) is 1. The molecule has 1 heterocycles. The predicted molar refractivity (Wildman–Crippen MR) is 103 cm³/mol. The summed E-state index contributed by atoms with van der Waals surface area (Å²) in [6.07, 6.45) is 0.792. The lowest BCUT2D eigenvalue weighted by Crippen LogP contribution is -2.56. The quantitative estimate of drug-likeness (QED) is 0.819. The van der Waals surface area contributed by atoms with Crippen LogP contribution in [0.4, 0.5) is 10.5 Å². The molecule has 1 aliphatic heterocycles. The molecule has 2 rings (SSSR count). The van der Waals surface area contributed by atoms with Crippen molar-refractivity contribution in [2.24, 2.45) is 5.92 Å². The molecule has 1 aliphatic rings. The summed E-state index contributed by atoms with van der Waals surface area (Å²) >= 11 is 0. The molecule has 0 saturated carbocycles. The Hall–Kier alpha value is -2.24. The van der Waals surface area contributed by atoms with E-state index in [0.717, 1.165) is 19.5 Å². The first-order valence-electron chi connectivity index (χ1n) is 9.33. The van der Waals surface area contributed by atoms with E-state index < -0.39 is 6.04 Å². The summed E-state index contributed by atoms with van der Waals surface area (Å²) in [5.41, 5.74) is 3.79. The molecule has 26 heavy (non-hydrogen) atoms. The van der Waals surface area contributed by atoms with Crippen LogP contribution in [-0.4, -0.2) is 56.2 Å². The molecular formula is C20H31N3O3. The monoisotopic (exact) mass is 361 g/mol. The molecule has 6 nitrogen and oxygen atoms in total. The number of piperazine rings is 1. The molecule has 0 bridgehead atoms. The molecule has 0 spiro atoms. The molecule has 1 fully saturated rings. The zero-order valence-corrected chi connectivity index (χ0v) is 16.5. The predicted octanol–water partition coefficient (Wildman–Crippen LogP) is 2.72. The van der Waals surface area contributed by atoms with Gasteiger partial charge in [-0.25, -0.2) is 9.59 Å². The van der Waals surface area contributed by atoms with Crippen LogP contribution in [-0.2, 0) is 9.53 Å². The van der Waals surface area contributed by atoms with Gasteiger partial charge in [0.1, 0.15) is 6.04 Å². The Morgan fingerprint density at radius 3 is 2.42 bits per heavy atom. The summed E-state index contributed by atoms with van der Waals surface area (Å²) in [5, 5.41) is 2.86. The Balaban J connectivity index is 1.97. The third kappa shape index (κ3) is 4.48. The van der Waals surface area contributed by atoms with Crippen LogP contribution in [0.3, 0.4) is 0 Å². The number of anilines is 1. The number of aryl methyl sites for hydroxylation is 1. The zero-order valence-electron chi connectivity index (χ0n) is 16.5. The zero-order chi connectivity index (χ0) is 19.3. The van der Waals surface area contributed by atoms with E-state index >= 15 is 0 Å². The van der Waals surface area contributed by atoms with Gasteiger partial charge < -0.3 is 19.9 Å². The van der Waals surface area contributed by atoms with Crippen molar-refractivity contribution < 1.29 is 14.3 Å². The molecule has 144 valence electrons. The molecule has 2 unspecified atom stereocenters. The molecule has 1 aromatic rings. The van der Waals surface area contributed by atoms with E-state index in [9.17, 15) is 9.59 Å². The highest BCUT2D eigenvalue weighted by molar-refractivity contribution is 5.84. The van der Waals surface area contributed by atoms with Crippen molar-refractivity contribution in [2.45, 2.75) is 40.2 Å². The lowest BCUT2D eigenvalue weighted by molar-refractivity contribution is -0.144. The van der Waals surface area contributed by atoms with Gasteiger partial charge >= 0.3 is 12.0 Å². The fourth-order valence-corrected chi connectivity index (χ4v) is 3.25. The molecule has 1 aromatic carbocycles. The third-order valence-electron chi connectivity index (χ3n) is 5.43. The van der Waals surface area contributed by atoms with E-state index in [1.807, 2.05) is 13.8 Å². The van der Waals surface area contributed by atoms with Gasteiger partial charge in [0, 0.05) is 31.9 Å². The second kappa shape index (κ2) is 8.92. The van der Waals surface area contributed by atoms with Crippen molar-refractivity contribution >= 4 is 17.7 Å². The highest BCUT2D eigenvalue weighted by Crippen LogP contribution is 2.24. The fourth-order valence-electron chi connectivity index (χ4n) is 3.25. The number of benzene rings is 1. The van der Waals surface area contributed by atoms with Gasteiger partial charge in [-0.1, -0.05) is 32.4 Å². The Bertz CT molecular complexity index is 639. The first-order valence-corrected chi connectivity index (χ1v) is 9.33. The van der Waals surface area contributed by atoms with Crippen LogP contribution in [0.25, 0.3) is 0 Å². The average molecular weight is 361 g/mol. The number of ether oxygens (including phenoxy) is 1. The maximum absolute atomic E-state index is 12.6. The smallest absolute Gasteiger partial charge is 0.328 e. The van der Waals surface area contributed by atoms with Crippen LogP contribution in [0.1, 0.15) is 31.4 Å². The van der Waals surface area contributed by atoms with E-state index in [1.54, 1.807) is 4.90 Å². The molecular weight excluding hydrogens is 330 g/mol. The number of esters is 1. The van der Waals surface area contributed by atoms with Crippen LogP contribution < -0.4 is 10.2 Å². The summed E-state index contributed by atoms with van der Waals surface area (Å²) in [6.45, 7) is 11.0. The Morgan fingerprint density at radius 1 is 1.19 bits per heavy atom. The van der Waals surface area contributed by atoms with Crippen molar-refractivity contribution in [3.63, 3.8) is 0 Å². The van der Waals surface area contributed by atoms with Gasteiger partial charge in [0.15, 0.2) is 0 Å². The van der Waals surface area contributed by atoms with Gasteiger partial charge in [-0.3, -0.25) is 0 Å². The van der Waals surface area contributed by atoms with E-state index in [2.05, 4.69) is 42.3 Å². The van der Waals surface area contributed by atoms with Crippen molar-refractivity contribution in [3.8, 4) is 0 Å². The summed E-state index contributed by atoms with van der Waals surface area (Å²) < 4.78 is 4.84. The molecule has 1 saturated heterocycles. The summed E-state index contributed by atoms with van der Waals surface area (Å²) in [5.74, 6) is -0.357. The fraction of sp³-hybridized carbons (Fsp3) is 0.600. The number of hydrogen-bond donors (Lipinski definition) is 1. The van der Waals surface area contributed by atoms with Crippen molar-refractivity contribution in [1.82, 2.24) is 10.2 Å². The van der Waals surface area contributed by atoms with Gasteiger partial charge in [-0.05, 0) is 37.0 Å². The molecule has 0 radical (unpaired) electrons. The van der Waals surface area contributed by atoms with Gasteiger partial charge in [0.2, 0.25) is 0 Å². The van der Waals surface area contributed by atoms with Crippen molar-refractivity contribution in [2.75, 3.05) is 38.2 Å². The number of hydrogen-bond acceptors (Lipinski definition) is 4. The number of urea groups is 1. The maximum Gasteiger partial charge on any atom is 0.328 e. The summed E-state index contributed by atoms with van der Waals surface area (Å²) in [7, 11) is 1.35. The highest BCUT2D eigenvalue weighted by Gasteiger charge is 2.30. The molecule has 2 atom stereocenters. The Labute approximate surface area is 156 Å². The third-order valence-corrected chi connectivity index (χ3v) is 5.43. The summed E-state index contributed by atoms with van der Waals surface area (Å²) in [4.78, 5) is 28.7. The largest absolute Gasteiger partial charge is 0.467 e. The summed E-state index contributed by atoms with van der Waals surface area (Å²) in [6, 6.07) is 5.53. The van der Waals surface area contributed by atoms with E-state index in [-0.39, 0.29) is 17.9 Å². The number of rotatable bonds is 5. The van der Waals surface area contributed by atoms with Crippen LogP contribution >= 0.6 is 0 Å². The molecule has 1 N–H and O–H groups in total. The molecule has 6 heteroatoms. The van der Waals surface area contributed by atoms with Crippen molar-refractivity contribution in [3.05, 3.63) is 29.3 Å². The normalized spacial score (nSPS) is 16.8. The molecule has 0 aromatic heterocycles. The minimum atomic E-state index is -0.602. The molecule has 2 amide bonds.